The van der Waals surface area contributed by atoms with Crippen LogP contribution < -0.4 is 0 Å². The Labute approximate surface area is 149 Å². The standard InChI is InChI=1S/C21H27FN2O/c1-4-9-24(19-17-7-10-25-20(17)21(19,2)3)13-15-12-16(22)11-14-6-5-8-23-18(14)15/h5-6,8,11-12,17,19-20H,4,7,9-10,13H2,1-3H3. The van der Waals surface area contributed by atoms with Gasteiger partial charge in [0.05, 0.1) is 11.6 Å². The first-order valence-electron chi connectivity index (χ1n) is 9.41. The van der Waals surface area contributed by atoms with Gasteiger partial charge in [-0.1, -0.05) is 26.8 Å². The molecule has 0 bridgehead atoms. The topological polar surface area (TPSA) is 25.4 Å². The Kier molecular flexibility index (Phi) is 4.28. The third kappa shape index (κ3) is 2.76. The van der Waals surface area contributed by atoms with Crippen LogP contribution in [0.5, 0.6) is 0 Å². The third-order valence-electron chi connectivity index (χ3n) is 6.06. The molecule has 1 aliphatic heterocycles. The Morgan fingerprint density at radius 3 is 3.00 bits per heavy atom. The van der Waals surface area contributed by atoms with Crippen molar-refractivity contribution in [3.8, 4) is 0 Å². The van der Waals surface area contributed by atoms with Gasteiger partial charge >= 0.3 is 0 Å². The highest BCUT2D eigenvalue weighted by molar-refractivity contribution is 5.81. The molecule has 3 nitrogen and oxygen atoms in total. The molecule has 1 saturated heterocycles. The van der Waals surface area contributed by atoms with Crippen LogP contribution in [0.4, 0.5) is 4.39 Å². The summed E-state index contributed by atoms with van der Waals surface area (Å²) in [4.78, 5) is 7.06. The zero-order chi connectivity index (χ0) is 17.6. The SMILES string of the molecule is CCCN(Cc1cc(F)cc2cccnc12)C1C2CCOC2C1(C)C. The maximum atomic E-state index is 14.1. The Bertz CT molecular complexity index is 776. The molecule has 4 heteroatoms. The number of benzene rings is 1. The summed E-state index contributed by atoms with van der Waals surface area (Å²) in [7, 11) is 0. The summed E-state index contributed by atoms with van der Waals surface area (Å²) in [5.41, 5.74) is 2.05. The summed E-state index contributed by atoms with van der Waals surface area (Å²) in [5, 5.41) is 0.879. The van der Waals surface area contributed by atoms with E-state index < -0.39 is 0 Å². The van der Waals surface area contributed by atoms with Gasteiger partial charge in [0.15, 0.2) is 0 Å². The second-order valence-corrected chi connectivity index (χ2v) is 8.12. The summed E-state index contributed by atoms with van der Waals surface area (Å²) >= 11 is 0. The van der Waals surface area contributed by atoms with Crippen LogP contribution in [0.25, 0.3) is 10.9 Å². The van der Waals surface area contributed by atoms with Crippen molar-refractivity contribution in [3.05, 3.63) is 41.8 Å². The first-order chi connectivity index (χ1) is 12.0. The minimum absolute atomic E-state index is 0.146. The van der Waals surface area contributed by atoms with Gasteiger partial charge in [0.1, 0.15) is 5.82 Å². The second-order valence-electron chi connectivity index (χ2n) is 8.12. The summed E-state index contributed by atoms with van der Waals surface area (Å²) in [6.45, 7) is 9.48. The highest BCUT2D eigenvalue weighted by Crippen LogP contribution is 2.54. The number of ether oxygens (including phenoxy) is 1. The molecule has 3 unspecified atom stereocenters. The molecule has 25 heavy (non-hydrogen) atoms. The smallest absolute Gasteiger partial charge is 0.124 e. The summed E-state index contributed by atoms with van der Waals surface area (Å²) in [5.74, 6) is 0.427. The van der Waals surface area contributed by atoms with Crippen LogP contribution in [0, 0.1) is 17.2 Å². The number of fused-ring (bicyclic) bond motifs is 2. The summed E-state index contributed by atoms with van der Waals surface area (Å²) in [6, 6.07) is 7.52. The van der Waals surface area contributed by atoms with Crippen molar-refractivity contribution in [3.63, 3.8) is 0 Å². The lowest BCUT2D eigenvalue weighted by molar-refractivity contribution is -0.157. The Balaban J connectivity index is 1.67. The van der Waals surface area contributed by atoms with Gasteiger partial charge in [-0.25, -0.2) is 4.39 Å². The molecular formula is C21H27FN2O. The molecule has 0 spiro atoms. The lowest BCUT2D eigenvalue weighted by Gasteiger charge is -2.58. The number of nitrogens with zero attached hydrogens (tertiary/aromatic N) is 2. The van der Waals surface area contributed by atoms with E-state index in [1.165, 1.54) is 0 Å². The van der Waals surface area contributed by atoms with Crippen molar-refractivity contribution in [2.75, 3.05) is 13.2 Å². The molecule has 0 amide bonds. The van der Waals surface area contributed by atoms with E-state index in [2.05, 4.69) is 30.7 Å². The first-order valence-corrected chi connectivity index (χ1v) is 9.41. The Hall–Kier alpha value is -1.52. The minimum Gasteiger partial charge on any atom is -0.377 e. The molecular weight excluding hydrogens is 315 g/mol. The average molecular weight is 342 g/mol. The highest BCUT2D eigenvalue weighted by atomic mass is 19.1. The molecule has 4 rings (SSSR count). The molecule has 1 aliphatic carbocycles. The van der Waals surface area contributed by atoms with Gasteiger partial charge < -0.3 is 4.74 Å². The molecule has 2 aliphatic rings. The van der Waals surface area contributed by atoms with Gasteiger partial charge in [0.2, 0.25) is 0 Å². The van der Waals surface area contributed by atoms with Gasteiger partial charge in [-0.3, -0.25) is 9.88 Å². The second kappa shape index (κ2) is 6.33. The fraction of sp³-hybridized carbons (Fsp3) is 0.571. The number of aromatic nitrogens is 1. The third-order valence-corrected chi connectivity index (χ3v) is 6.06. The zero-order valence-corrected chi connectivity index (χ0v) is 15.3. The van der Waals surface area contributed by atoms with Crippen LogP contribution in [0.15, 0.2) is 30.5 Å². The van der Waals surface area contributed by atoms with Crippen LogP contribution in [0.2, 0.25) is 0 Å². The summed E-state index contributed by atoms with van der Waals surface area (Å²) < 4.78 is 20.1. The molecule has 1 saturated carbocycles. The number of pyridine rings is 1. The first kappa shape index (κ1) is 16.9. The minimum atomic E-state index is -0.179. The molecule has 134 valence electrons. The van der Waals surface area contributed by atoms with E-state index in [0.29, 0.717) is 18.1 Å². The largest absolute Gasteiger partial charge is 0.377 e. The monoisotopic (exact) mass is 342 g/mol. The van der Waals surface area contributed by atoms with Gasteiger partial charge in [-0.05, 0) is 43.1 Å². The number of rotatable bonds is 5. The maximum absolute atomic E-state index is 14.1. The maximum Gasteiger partial charge on any atom is 0.124 e. The van der Waals surface area contributed by atoms with E-state index in [-0.39, 0.29) is 11.2 Å². The average Bonchev–Trinajstić information content (AvgIpc) is 3.01. The van der Waals surface area contributed by atoms with E-state index in [1.54, 1.807) is 18.3 Å². The molecule has 3 atom stereocenters. The van der Waals surface area contributed by atoms with Crippen molar-refractivity contribution >= 4 is 10.9 Å². The molecule has 0 N–H and O–H groups in total. The predicted molar refractivity (Wildman–Crippen MR) is 97.8 cm³/mol. The van der Waals surface area contributed by atoms with Crippen LogP contribution in [-0.4, -0.2) is 35.2 Å². The van der Waals surface area contributed by atoms with E-state index in [9.17, 15) is 4.39 Å². The van der Waals surface area contributed by atoms with Crippen LogP contribution in [0.3, 0.4) is 0 Å². The molecule has 1 aromatic carbocycles. The lowest BCUT2D eigenvalue weighted by Crippen LogP contribution is -2.66. The van der Waals surface area contributed by atoms with Crippen molar-refractivity contribution in [1.82, 2.24) is 9.88 Å². The van der Waals surface area contributed by atoms with Gasteiger partial charge in [0.25, 0.3) is 0 Å². The van der Waals surface area contributed by atoms with E-state index in [1.807, 2.05) is 12.1 Å². The fourth-order valence-corrected chi connectivity index (χ4v) is 5.21. The Morgan fingerprint density at radius 1 is 1.36 bits per heavy atom. The van der Waals surface area contributed by atoms with Crippen LogP contribution in [-0.2, 0) is 11.3 Å². The van der Waals surface area contributed by atoms with Gasteiger partial charge in [0, 0.05) is 42.1 Å². The molecule has 2 heterocycles. The van der Waals surface area contributed by atoms with Crippen LogP contribution >= 0.6 is 0 Å². The quantitative estimate of drug-likeness (QED) is 0.805. The predicted octanol–water partition coefficient (Wildman–Crippen LogP) is 4.40. The molecule has 2 aromatic rings. The molecule has 0 radical (unpaired) electrons. The normalized spacial score (nSPS) is 27.5. The van der Waals surface area contributed by atoms with Gasteiger partial charge in [-0.2, -0.15) is 0 Å². The number of hydrogen-bond acceptors (Lipinski definition) is 3. The van der Waals surface area contributed by atoms with Crippen LogP contribution in [0.1, 0.15) is 39.2 Å². The van der Waals surface area contributed by atoms with Crippen molar-refractivity contribution in [2.45, 2.75) is 52.3 Å². The lowest BCUT2D eigenvalue weighted by atomic mass is 9.56. The Morgan fingerprint density at radius 2 is 2.20 bits per heavy atom. The van der Waals surface area contributed by atoms with E-state index in [0.717, 1.165) is 49.0 Å². The van der Waals surface area contributed by atoms with E-state index >= 15 is 0 Å². The van der Waals surface area contributed by atoms with Crippen molar-refractivity contribution < 1.29 is 9.13 Å². The fourth-order valence-electron chi connectivity index (χ4n) is 5.21. The van der Waals surface area contributed by atoms with Crippen molar-refractivity contribution in [2.24, 2.45) is 11.3 Å². The molecule has 1 aromatic heterocycles. The van der Waals surface area contributed by atoms with Gasteiger partial charge in [-0.15, -0.1) is 0 Å². The van der Waals surface area contributed by atoms with E-state index in [4.69, 9.17) is 4.74 Å². The summed E-state index contributed by atoms with van der Waals surface area (Å²) in [6.07, 6.45) is 4.40. The highest BCUT2D eigenvalue weighted by Gasteiger charge is 2.60. The van der Waals surface area contributed by atoms with Crippen molar-refractivity contribution in [1.29, 1.82) is 0 Å². The zero-order valence-electron chi connectivity index (χ0n) is 15.3. The molecule has 2 fully saturated rings. The number of halogens is 1. The number of hydrogen-bond donors (Lipinski definition) is 0.